The average molecular weight is 214 g/mol. The minimum Gasteiger partial charge on any atom is -0.395 e. The van der Waals surface area contributed by atoms with Crippen molar-refractivity contribution in [3.8, 4) is 0 Å². The molecule has 3 nitrogen and oxygen atoms in total. The van der Waals surface area contributed by atoms with Crippen molar-refractivity contribution in [3.05, 3.63) is 0 Å². The lowest BCUT2D eigenvalue weighted by Gasteiger charge is -2.32. The van der Waals surface area contributed by atoms with E-state index >= 15 is 0 Å². The highest BCUT2D eigenvalue weighted by Crippen LogP contribution is 2.15. The van der Waals surface area contributed by atoms with Gasteiger partial charge >= 0.3 is 0 Å². The van der Waals surface area contributed by atoms with Crippen LogP contribution in [-0.4, -0.2) is 60.8 Å². The fourth-order valence-corrected chi connectivity index (χ4v) is 2.14. The zero-order valence-electron chi connectivity index (χ0n) is 10.3. The number of piperidine rings is 1. The number of rotatable bonds is 6. The van der Waals surface area contributed by atoms with Gasteiger partial charge in [-0.1, -0.05) is 13.8 Å². The van der Waals surface area contributed by atoms with Gasteiger partial charge in [-0.25, -0.2) is 0 Å². The summed E-state index contributed by atoms with van der Waals surface area (Å²) >= 11 is 0. The first-order valence-corrected chi connectivity index (χ1v) is 6.31. The first-order valence-electron chi connectivity index (χ1n) is 6.31. The largest absolute Gasteiger partial charge is 0.395 e. The second-order valence-electron chi connectivity index (χ2n) is 4.68. The summed E-state index contributed by atoms with van der Waals surface area (Å²) in [6.07, 6.45) is 2.71. The summed E-state index contributed by atoms with van der Waals surface area (Å²) in [6, 6.07) is 0. The summed E-state index contributed by atoms with van der Waals surface area (Å²) in [6.45, 7) is 11.5. The van der Waals surface area contributed by atoms with Crippen LogP contribution in [0.2, 0.25) is 0 Å². The highest BCUT2D eigenvalue weighted by atomic mass is 16.3. The van der Waals surface area contributed by atoms with Gasteiger partial charge in [0, 0.05) is 19.6 Å². The molecule has 90 valence electrons. The maximum atomic E-state index is 8.88. The smallest absolute Gasteiger partial charge is 0.0558 e. The van der Waals surface area contributed by atoms with Gasteiger partial charge in [-0.15, -0.1) is 0 Å². The lowest BCUT2D eigenvalue weighted by molar-refractivity contribution is 0.148. The molecule has 0 amide bonds. The number of hydrogen-bond acceptors (Lipinski definition) is 3. The Morgan fingerprint density at radius 2 is 1.93 bits per heavy atom. The molecule has 0 aromatic rings. The molecule has 1 rings (SSSR count). The maximum Gasteiger partial charge on any atom is 0.0558 e. The van der Waals surface area contributed by atoms with Crippen molar-refractivity contribution >= 4 is 0 Å². The molecule has 1 N–H and O–H groups in total. The minimum atomic E-state index is 0.283. The van der Waals surface area contributed by atoms with Crippen LogP contribution in [0.4, 0.5) is 0 Å². The molecule has 0 aromatic heterocycles. The van der Waals surface area contributed by atoms with Crippen LogP contribution >= 0.6 is 0 Å². The summed E-state index contributed by atoms with van der Waals surface area (Å²) in [5, 5.41) is 8.88. The molecular weight excluding hydrogens is 188 g/mol. The average Bonchev–Trinajstić information content (AvgIpc) is 2.26. The molecule has 1 fully saturated rings. The number of likely N-dealkylation sites (tertiary alicyclic amines) is 1. The highest BCUT2D eigenvalue weighted by Gasteiger charge is 2.15. The summed E-state index contributed by atoms with van der Waals surface area (Å²) < 4.78 is 0. The van der Waals surface area contributed by atoms with Gasteiger partial charge in [-0.3, -0.25) is 0 Å². The van der Waals surface area contributed by atoms with E-state index in [1.54, 1.807) is 0 Å². The highest BCUT2D eigenvalue weighted by molar-refractivity contribution is 4.70. The molecular formula is C12H26N2O. The van der Waals surface area contributed by atoms with Crippen LogP contribution in [0.5, 0.6) is 0 Å². The van der Waals surface area contributed by atoms with Crippen LogP contribution in [0.15, 0.2) is 0 Å². The van der Waals surface area contributed by atoms with Gasteiger partial charge in [0.15, 0.2) is 0 Å². The van der Waals surface area contributed by atoms with Crippen LogP contribution in [0.25, 0.3) is 0 Å². The Morgan fingerprint density at radius 1 is 1.27 bits per heavy atom. The monoisotopic (exact) mass is 214 g/mol. The normalized spacial score (nSPS) is 20.0. The number of likely N-dealkylation sites (N-methyl/N-ethyl adjacent to an activating group) is 1. The predicted molar refractivity (Wildman–Crippen MR) is 64.0 cm³/mol. The minimum absolute atomic E-state index is 0.283. The fraction of sp³-hybridized carbons (Fsp3) is 1.00. The number of hydrogen-bond donors (Lipinski definition) is 1. The van der Waals surface area contributed by atoms with Gasteiger partial charge in [-0.05, 0) is 38.4 Å². The van der Waals surface area contributed by atoms with Crippen molar-refractivity contribution in [1.82, 2.24) is 9.80 Å². The summed E-state index contributed by atoms with van der Waals surface area (Å²) in [5.74, 6) is 0.918. The molecule has 0 aliphatic carbocycles. The molecule has 1 saturated heterocycles. The van der Waals surface area contributed by atoms with Gasteiger partial charge in [-0.2, -0.15) is 0 Å². The van der Waals surface area contributed by atoms with Crippen molar-refractivity contribution in [2.45, 2.75) is 26.7 Å². The third kappa shape index (κ3) is 4.96. The molecule has 0 aromatic carbocycles. The van der Waals surface area contributed by atoms with Gasteiger partial charge < -0.3 is 14.9 Å². The first-order chi connectivity index (χ1) is 7.26. The molecule has 0 bridgehead atoms. The second kappa shape index (κ2) is 7.20. The SMILES string of the molecule is CCN(CCO)CCN1CCC(C)CC1. The van der Waals surface area contributed by atoms with Crippen LogP contribution < -0.4 is 0 Å². The molecule has 0 radical (unpaired) electrons. The van der Waals surface area contributed by atoms with Crippen molar-refractivity contribution in [1.29, 1.82) is 0 Å². The molecule has 1 heterocycles. The Hall–Kier alpha value is -0.120. The van der Waals surface area contributed by atoms with Gasteiger partial charge in [0.2, 0.25) is 0 Å². The molecule has 1 aliphatic heterocycles. The summed E-state index contributed by atoms with van der Waals surface area (Å²) in [5.41, 5.74) is 0. The van der Waals surface area contributed by atoms with E-state index in [2.05, 4.69) is 23.6 Å². The van der Waals surface area contributed by atoms with Crippen LogP contribution in [-0.2, 0) is 0 Å². The number of nitrogens with zero attached hydrogens (tertiary/aromatic N) is 2. The summed E-state index contributed by atoms with van der Waals surface area (Å²) in [7, 11) is 0. The fourth-order valence-electron chi connectivity index (χ4n) is 2.14. The van der Waals surface area contributed by atoms with Crippen LogP contribution in [0.1, 0.15) is 26.7 Å². The van der Waals surface area contributed by atoms with Gasteiger partial charge in [0.25, 0.3) is 0 Å². The number of aliphatic hydroxyl groups is 1. The van der Waals surface area contributed by atoms with Crippen molar-refractivity contribution in [2.75, 3.05) is 45.9 Å². The van der Waals surface area contributed by atoms with E-state index in [0.29, 0.717) is 0 Å². The van der Waals surface area contributed by atoms with E-state index in [1.165, 1.54) is 32.5 Å². The Labute approximate surface area is 94.1 Å². The van der Waals surface area contributed by atoms with E-state index in [-0.39, 0.29) is 6.61 Å². The van der Waals surface area contributed by atoms with Gasteiger partial charge in [0.1, 0.15) is 0 Å². The second-order valence-corrected chi connectivity index (χ2v) is 4.68. The van der Waals surface area contributed by atoms with Crippen molar-refractivity contribution in [2.24, 2.45) is 5.92 Å². The summed E-state index contributed by atoms with van der Waals surface area (Å²) in [4.78, 5) is 4.87. The standard InChI is InChI=1S/C12H26N2O/c1-3-13(10-11-15)8-9-14-6-4-12(2)5-7-14/h12,15H,3-11H2,1-2H3. The van der Waals surface area contributed by atoms with Gasteiger partial charge in [0.05, 0.1) is 6.61 Å². The van der Waals surface area contributed by atoms with Crippen molar-refractivity contribution < 1.29 is 5.11 Å². The molecule has 0 spiro atoms. The predicted octanol–water partition coefficient (Wildman–Crippen LogP) is 1.03. The Morgan fingerprint density at radius 3 is 2.47 bits per heavy atom. The molecule has 0 unspecified atom stereocenters. The Balaban J connectivity index is 2.12. The molecule has 0 saturated carbocycles. The quantitative estimate of drug-likeness (QED) is 0.715. The molecule has 3 heteroatoms. The van der Waals surface area contributed by atoms with Crippen LogP contribution in [0, 0.1) is 5.92 Å². The lowest BCUT2D eigenvalue weighted by Crippen LogP contribution is -2.40. The molecule has 1 aliphatic rings. The number of aliphatic hydroxyl groups excluding tert-OH is 1. The van der Waals surface area contributed by atoms with E-state index in [9.17, 15) is 0 Å². The Bertz CT molecular complexity index is 156. The van der Waals surface area contributed by atoms with E-state index in [4.69, 9.17) is 5.11 Å². The van der Waals surface area contributed by atoms with E-state index < -0.39 is 0 Å². The van der Waals surface area contributed by atoms with E-state index in [1.807, 2.05) is 0 Å². The third-order valence-corrected chi connectivity index (χ3v) is 3.47. The third-order valence-electron chi connectivity index (χ3n) is 3.47. The molecule has 0 atom stereocenters. The maximum absolute atomic E-state index is 8.88. The molecule has 15 heavy (non-hydrogen) atoms. The van der Waals surface area contributed by atoms with Crippen LogP contribution in [0.3, 0.4) is 0 Å². The van der Waals surface area contributed by atoms with E-state index in [0.717, 1.165) is 25.6 Å². The lowest BCUT2D eigenvalue weighted by atomic mass is 9.99. The first kappa shape index (κ1) is 12.9. The Kier molecular flexibility index (Phi) is 6.22. The van der Waals surface area contributed by atoms with Crippen molar-refractivity contribution in [3.63, 3.8) is 0 Å². The zero-order chi connectivity index (χ0) is 11.1. The zero-order valence-corrected chi connectivity index (χ0v) is 10.3. The topological polar surface area (TPSA) is 26.7 Å².